The van der Waals surface area contributed by atoms with Crippen molar-refractivity contribution >= 4 is 5.91 Å². The van der Waals surface area contributed by atoms with E-state index in [2.05, 4.69) is 24.9 Å². The van der Waals surface area contributed by atoms with Crippen LogP contribution in [0.4, 0.5) is 4.39 Å². The molecule has 1 saturated heterocycles. The van der Waals surface area contributed by atoms with Gasteiger partial charge in [-0.25, -0.2) is 19.3 Å². The number of halogens is 1. The average molecular weight is 471 g/mol. The highest BCUT2D eigenvalue weighted by atomic mass is 19.1. The van der Waals surface area contributed by atoms with Gasteiger partial charge in [0.15, 0.2) is 17.4 Å². The summed E-state index contributed by atoms with van der Waals surface area (Å²) >= 11 is 0. The van der Waals surface area contributed by atoms with Crippen molar-refractivity contribution in [2.45, 2.75) is 32.2 Å². The Morgan fingerprint density at radius 2 is 1.89 bits per heavy atom. The second-order valence-corrected chi connectivity index (χ2v) is 8.31. The van der Waals surface area contributed by atoms with Crippen LogP contribution in [0.5, 0.6) is 11.6 Å². The standard InChI is InChI=1S/C26H23FN6O2/c1-17-12-24(35-23-8-3-2-6-20(23)27)32-25(31-17)22-7-4-5-11-33(22)26(34)18-9-10-21(30-15-18)19-13-28-16-29-14-19/h2-3,6,8-10,12-16,22H,4-5,7,11H2,1H3/t22-/m0/s1. The molecule has 0 radical (unpaired) electrons. The fourth-order valence-electron chi connectivity index (χ4n) is 4.13. The van der Waals surface area contributed by atoms with Gasteiger partial charge in [-0.1, -0.05) is 12.1 Å². The number of likely N-dealkylation sites (tertiary alicyclic amines) is 1. The number of rotatable bonds is 5. The Morgan fingerprint density at radius 3 is 2.66 bits per heavy atom. The van der Waals surface area contributed by atoms with E-state index in [1.165, 1.54) is 12.4 Å². The van der Waals surface area contributed by atoms with Gasteiger partial charge in [-0.3, -0.25) is 9.78 Å². The lowest BCUT2D eigenvalue weighted by Crippen LogP contribution is -2.39. The molecular weight excluding hydrogens is 447 g/mol. The van der Waals surface area contributed by atoms with E-state index >= 15 is 0 Å². The molecule has 0 N–H and O–H groups in total. The highest BCUT2D eigenvalue weighted by Crippen LogP contribution is 2.32. The van der Waals surface area contributed by atoms with Crippen molar-refractivity contribution < 1.29 is 13.9 Å². The number of aryl methyl sites for hydroxylation is 1. The summed E-state index contributed by atoms with van der Waals surface area (Å²) in [5.41, 5.74) is 2.62. The number of piperidine rings is 1. The van der Waals surface area contributed by atoms with E-state index in [0.29, 0.717) is 29.3 Å². The molecule has 9 heteroatoms. The van der Waals surface area contributed by atoms with Crippen LogP contribution >= 0.6 is 0 Å². The number of carbonyl (C=O) groups is 1. The molecule has 176 valence electrons. The molecule has 4 heterocycles. The summed E-state index contributed by atoms with van der Waals surface area (Å²) in [5.74, 6) is 0.197. The summed E-state index contributed by atoms with van der Waals surface area (Å²) in [6, 6.07) is 11.0. The molecule has 0 aliphatic carbocycles. The van der Waals surface area contributed by atoms with Crippen molar-refractivity contribution in [2.24, 2.45) is 0 Å². The van der Waals surface area contributed by atoms with Gasteiger partial charge in [0.1, 0.15) is 6.33 Å². The first kappa shape index (κ1) is 22.5. The van der Waals surface area contributed by atoms with Gasteiger partial charge in [0.25, 0.3) is 5.91 Å². The molecule has 1 fully saturated rings. The van der Waals surface area contributed by atoms with Gasteiger partial charge < -0.3 is 9.64 Å². The molecule has 4 aromatic rings. The average Bonchev–Trinajstić information content (AvgIpc) is 2.90. The minimum atomic E-state index is -0.474. The first-order chi connectivity index (χ1) is 17.1. The van der Waals surface area contributed by atoms with Gasteiger partial charge in [-0.05, 0) is 50.5 Å². The predicted octanol–water partition coefficient (Wildman–Crippen LogP) is 4.94. The van der Waals surface area contributed by atoms with Crippen LogP contribution < -0.4 is 4.74 Å². The molecule has 1 aliphatic rings. The molecule has 1 aromatic carbocycles. The highest BCUT2D eigenvalue weighted by molar-refractivity contribution is 5.94. The maximum Gasteiger partial charge on any atom is 0.256 e. The molecule has 1 amide bonds. The van der Waals surface area contributed by atoms with Gasteiger partial charge in [0.2, 0.25) is 5.88 Å². The molecule has 35 heavy (non-hydrogen) atoms. The number of benzene rings is 1. The number of ether oxygens (including phenoxy) is 1. The van der Waals surface area contributed by atoms with E-state index < -0.39 is 5.82 Å². The van der Waals surface area contributed by atoms with Crippen LogP contribution in [0.3, 0.4) is 0 Å². The summed E-state index contributed by atoms with van der Waals surface area (Å²) in [7, 11) is 0. The summed E-state index contributed by atoms with van der Waals surface area (Å²) < 4.78 is 19.8. The van der Waals surface area contributed by atoms with Crippen molar-refractivity contribution in [1.29, 1.82) is 0 Å². The Bertz CT molecular complexity index is 1330. The van der Waals surface area contributed by atoms with Crippen LogP contribution in [0.15, 0.2) is 67.4 Å². The molecule has 0 saturated carbocycles. The molecule has 0 spiro atoms. The Kier molecular flexibility index (Phi) is 6.38. The van der Waals surface area contributed by atoms with Crippen molar-refractivity contribution in [3.8, 4) is 22.9 Å². The number of carbonyl (C=O) groups excluding carboxylic acids is 1. The minimum absolute atomic E-state index is 0.0862. The fourth-order valence-corrected chi connectivity index (χ4v) is 4.13. The predicted molar refractivity (Wildman–Crippen MR) is 126 cm³/mol. The van der Waals surface area contributed by atoms with Crippen molar-refractivity contribution in [1.82, 2.24) is 29.8 Å². The van der Waals surface area contributed by atoms with Crippen LogP contribution in [0, 0.1) is 12.7 Å². The van der Waals surface area contributed by atoms with Gasteiger partial charge in [0.05, 0.1) is 17.3 Å². The first-order valence-electron chi connectivity index (χ1n) is 11.4. The molecule has 0 bridgehead atoms. The zero-order chi connectivity index (χ0) is 24.2. The van der Waals surface area contributed by atoms with Crippen molar-refractivity contribution in [3.63, 3.8) is 0 Å². The van der Waals surface area contributed by atoms with Crippen LogP contribution in [0.2, 0.25) is 0 Å². The zero-order valence-corrected chi connectivity index (χ0v) is 19.1. The van der Waals surface area contributed by atoms with E-state index in [-0.39, 0.29) is 23.6 Å². The van der Waals surface area contributed by atoms with Crippen LogP contribution in [0.25, 0.3) is 11.3 Å². The normalized spacial score (nSPS) is 15.6. The lowest BCUT2D eigenvalue weighted by atomic mass is 10.00. The van der Waals surface area contributed by atoms with Gasteiger partial charge in [0, 0.05) is 42.5 Å². The third-order valence-electron chi connectivity index (χ3n) is 5.83. The van der Waals surface area contributed by atoms with Crippen LogP contribution in [0.1, 0.15) is 47.2 Å². The van der Waals surface area contributed by atoms with E-state index in [1.807, 2.05) is 6.92 Å². The Labute approximate surface area is 201 Å². The van der Waals surface area contributed by atoms with E-state index in [1.54, 1.807) is 59.9 Å². The Morgan fingerprint density at radius 1 is 1.06 bits per heavy atom. The molecule has 3 aromatic heterocycles. The second-order valence-electron chi connectivity index (χ2n) is 8.31. The van der Waals surface area contributed by atoms with Crippen molar-refractivity contribution in [3.05, 3.63) is 90.3 Å². The topological polar surface area (TPSA) is 94.0 Å². The summed E-state index contributed by atoms with van der Waals surface area (Å²) in [6.45, 7) is 2.41. The molecule has 0 unspecified atom stereocenters. The maximum atomic E-state index is 14.1. The third-order valence-corrected chi connectivity index (χ3v) is 5.83. The Hall–Kier alpha value is -4.27. The fraction of sp³-hybridized carbons (Fsp3) is 0.231. The third kappa shape index (κ3) is 4.98. The lowest BCUT2D eigenvalue weighted by molar-refractivity contribution is 0.0598. The number of aromatic nitrogens is 5. The monoisotopic (exact) mass is 470 g/mol. The number of nitrogens with zero attached hydrogens (tertiary/aromatic N) is 6. The zero-order valence-electron chi connectivity index (χ0n) is 19.1. The summed E-state index contributed by atoms with van der Waals surface area (Å²) in [4.78, 5) is 36.8. The summed E-state index contributed by atoms with van der Waals surface area (Å²) in [5, 5.41) is 0. The number of pyridine rings is 1. The SMILES string of the molecule is Cc1cc(Oc2ccccc2F)nc([C@@H]2CCCCN2C(=O)c2ccc(-c3cncnc3)nc2)n1. The highest BCUT2D eigenvalue weighted by Gasteiger charge is 2.31. The smallest absolute Gasteiger partial charge is 0.256 e. The minimum Gasteiger partial charge on any atom is -0.436 e. The summed E-state index contributed by atoms with van der Waals surface area (Å²) in [6.07, 6.45) is 8.93. The van der Waals surface area contributed by atoms with Gasteiger partial charge in [-0.15, -0.1) is 0 Å². The van der Waals surface area contributed by atoms with E-state index in [0.717, 1.165) is 24.8 Å². The molecular formula is C26H23FN6O2. The van der Waals surface area contributed by atoms with Gasteiger partial charge >= 0.3 is 0 Å². The molecule has 1 aliphatic heterocycles. The number of hydrogen-bond donors (Lipinski definition) is 0. The van der Waals surface area contributed by atoms with E-state index in [4.69, 9.17) is 4.74 Å². The van der Waals surface area contributed by atoms with Crippen molar-refractivity contribution in [2.75, 3.05) is 6.54 Å². The first-order valence-corrected chi connectivity index (χ1v) is 11.4. The largest absolute Gasteiger partial charge is 0.436 e. The van der Waals surface area contributed by atoms with Crippen LogP contribution in [-0.2, 0) is 0 Å². The quantitative estimate of drug-likeness (QED) is 0.408. The number of amides is 1. The van der Waals surface area contributed by atoms with Gasteiger partial charge in [-0.2, -0.15) is 4.98 Å². The number of hydrogen-bond acceptors (Lipinski definition) is 7. The molecule has 1 atom stereocenters. The van der Waals surface area contributed by atoms with E-state index in [9.17, 15) is 9.18 Å². The van der Waals surface area contributed by atoms with Crippen LogP contribution in [-0.4, -0.2) is 42.3 Å². The number of para-hydroxylation sites is 1. The maximum absolute atomic E-state index is 14.1. The molecule has 5 rings (SSSR count). The lowest BCUT2D eigenvalue weighted by Gasteiger charge is -2.35. The molecule has 8 nitrogen and oxygen atoms in total. The Balaban J connectivity index is 1.40. The second kappa shape index (κ2) is 9.92.